The van der Waals surface area contributed by atoms with E-state index < -0.39 is 11.6 Å². The third-order valence-electron chi connectivity index (χ3n) is 6.50. The summed E-state index contributed by atoms with van der Waals surface area (Å²) in [6.07, 6.45) is 4.04. The van der Waals surface area contributed by atoms with Crippen LogP contribution in [0.2, 0.25) is 0 Å². The van der Waals surface area contributed by atoms with Gasteiger partial charge in [0.15, 0.2) is 5.78 Å². The van der Waals surface area contributed by atoms with E-state index in [1.165, 1.54) is 0 Å². The Morgan fingerprint density at radius 3 is 2.65 bits per heavy atom. The van der Waals surface area contributed by atoms with E-state index in [0.29, 0.717) is 36.9 Å². The summed E-state index contributed by atoms with van der Waals surface area (Å²) < 4.78 is 0. The number of carbonyl (C=O) groups is 4. The molecule has 0 bridgehead atoms. The van der Waals surface area contributed by atoms with Crippen molar-refractivity contribution in [2.45, 2.75) is 44.1 Å². The normalized spacial score (nSPS) is 22.5. The molecule has 2 aliphatic heterocycles. The van der Waals surface area contributed by atoms with Crippen LogP contribution in [0.3, 0.4) is 0 Å². The van der Waals surface area contributed by atoms with Crippen molar-refractivity contribution in [1.29, 1.82) is 0 Å². The molecule has 2 aromatic carbocycles. The molecule has 0 aromatic heterocycles. The second-order valence-corrected chi connectivity index (χ2v) is 8.43. The summed E-state index contributed by atoms with van der Waals surface area (Å²) in [5.74, 6) is -0.696. The average molecular weight is 417 g/mol. The minimum atomic E-state index is -1.08. The highest BCUT2D eigenvalue weighted by molar-refractivity contribution is 6.11. The van der Waals surface area contributed by atoms with Crippen molar-refractivity contribution in [3.63, 3.8) is 0 Å². The molecule has 7 heteroatoms. The van der Waals surface area contributed by atoms with Gasteiger partial charge in [0.25, 0.3) is 5.91 Å². The number of urea groups is 1. The molecule has 7 nitrogen and oxygen atoms in total. The van der Waals surface area contributed by atoms with Crippen molar-refractivity contribution >= 4 is 29.3 Å². The van der Waals surface area contributed by atoms with Gasteiger partial charge in [-0.2, -0.15) is 0 Å². The molecule has 31 heavy (non-hydrogen) atoms. The summed E-state index contributed by atoms with van der Waals surface area (Å²) in [5, 5.41) is 5.73. The van der Waals surface area contributed by atoms with Crippen LogP contribution in [0.4, 0.5) is 10.5 Å². The summed E-state index contributed by atoms with van der Waals surface area (Å²) in [7, 11) is 0. The Kier molecular flexibility index (Phi) is 4.61. The van der Waals surface area contributed by atoms with Crippen molar-refractivity contribution in [2.24, 2.45) is 0 Å². The maximum Gasteiger partial charge on any atom is 0.325 e. The first-order chi connectivity index (χ1) is 15.0. The fraction of sp³-hybridized carbons (Fsp3) is 0.333. The van der Waals surface area contributed by atoms with E-state index in [4.69, 9.17) is 0 Å². The van der Waals surface area contributed by atoms with Crippen molar-refractivity contribution in [3.05, 3.63) is 64.7 Å². The van der Waals surface area contributed by atoms with Crippen LogP contribution in [0.15, 0.2) is 42.5 Å². The number of ketones is 1. The Bertz CT molecular complexity index is 1130. The zero-order valence-electron chi connectivity index (χ0n) is 17.1. The molecule has 4 amide bonds. The Hall–Kier alpha value is -3.48. The van der Waals surface area contributed by atoms with Crippen LogP contribution in [0.5, 0.6) is 0 Å². The molecule has 0 saturated carbocycles. The fourth-order valence-corrected chi connectivity index (χ4v) is 4.94. The molecule has 5 rings (SSSR count). The smallest absolute Gasteiger partial charge is 0.325 e. The molecular formula is C24H23N3O4. The Morgan fingerprint density at radius 1 is 0.968 bits per heavy atom. The maximum atomic E-state index is 13.4. The first kappa shape index (κ1) is 19.5. The Labute approximate surface area is 179 Å². The van der Waals surface area contributed by atoms with Crippen LogP contribution in [0.1, 0.15) is 52.7 Å². The van der Waals surface area contributed by atoms with E-state index >= 15 is 0 Å². The molecule has 2 heterocycles. The van der Waals surface area contributed by atoms with E-state index in [2.05, 4.69) is 10.6 Å². The maximum absolute atomic E-state index is 13.4. The zero-order chi connectivity index (χ0) is 21.6. The predicted molar refractivity (Wildman–Crippen MR) is 114 cm³/mol. The van der Waals surface area contributed by atoms with Gasteiger partial charge in [0, 0.05) is 17.7 Å². The van der Waals surface area contributed by atoms with E-state index in [1.54, 1.807) is 18.2 Å². The SMILES string of the molecule is O=C1CCCc2cc(C(=O)CN3C(=O)NC4(CCCc5ccccc54)C3=O)ccc2N1. The number of aryl methyl sites for hydroxylation is 2. The number of benzene rings is 2. The minimum Gasteiger partial charge on any atom is -0.326 e. The third kappa shape index (κ3) is 3.21. The molecule has 1 spiro atoms. The van der Waals surface area contributed by atoms with Gasteiger partial charge in [-0.05, 0) is 67.0 Å². The van der Waals surface area contributed by atoms with Gasteiger partial charge in [0.05, 0.1) is 6.54 Å². The average Bonchev–Trinajstić information content (AvgIpc) is 2.90. The monoisotopic (exact) mass is 417 g/mol. The lowest BCUT2D eigenvalue weighted by Gasteiger charge is -2.33. The van der Waals surface area contributed by atoms with Crippen molar-refractivity contribution in [1.82, 2.24) is 10.2 Å². The summed E-state index contributed by atoms with van der Waals surface area (Å²) >= 11 is 0. The van der Waals surface area contributed by atoms with Gasteiger partial charge in [0.2, 0.25) is 5.91 Å². The van der Waals surface area contributed by atoms with Gasteiger partial charge in [0.1, 0.15) is 5.54 Å². The number of anilines is 1. The van der Waals surface area contributed by atoms with Gasteiger partial charge < -0.3 is 10.6 Å². The fourth-order valence-electron chi connectivity index (χ4n) is 4.94. The van der Waals surface area contributed by atoms with Crippen molar-refractivity contribution in [2.75, 3.05) is 11.9 Å². The zero-order valence-corrected chi connectivity index (χ0v) is 17.1. The van der Waals surface area contributed by atoms with Gasteiger partial charge in [-0.3, -0.25) is 19.3 Å². The minimum absolute atomic E-state index is 0.0322. The molecule has 158 valence electrons. The highest BCUT2D eigenvalue weighted by Crippen LogP contribution is 2.40. The highest BCUT2D eigenvalue weighted by Gasteiger charge is 2.54. The first-order valence-corrected chi connectivity index (χ1v) is 10.7. The van der Waals surface area contributed by atoms with Crippen molar-refractivity contribution < 1.29 is 19.2 Å². The molecule has 1 aliphatic carbocycles. The topological polar surface area (TPSA) is 95.6 Å². The molecule has 2 N–H and O–H groups in total. The third-order valence-corrected chi connectivity index (χ3v) is 6.50. The van der Waals surface area contributed by atoms with Gasteiger partial charge in [-0.25, -0.2) is 4.79 Å². The number of hydrogen-bond donors (Lipinski definition) is 2. The van der Waals surface area contributed by atoms with Gasteiger partial charge in [-0.1, -0.05) is 24.3 Å². The van der Waals surface area contributed by atoms with E-state index in [0.717, 1.165) is 34.4 Å². The second kappa shape index (κ2) is 7.34. The molecule has 1 fully saturated rings. The van der Waals surface area contributed by atoms with Gasteiger partial charge >= 0.3 is 6.03 Å². The van der Waals surface area contributed by atoms with Crippen LogP contribution < -0.4 is 10.6 Å². The van der Waals surface area contributed by atoms with Crippen LogP contribution in [-0.2, 0) is 28.0 Å². The highest BCUT2D eigenvalue weighted by atomic mass is 16.2. The number of carbonyl (C=O) groups excluding carboxylic acids is 4. The molecule has 3 aliphatic rings. The van der Waals surface area contributed by atoms with E-state index in [1.807, 2.05) is 24.3 Å². The van der Waals surface area contributed by atoms with Crippen LogP contribution >= 0.6 is 0 Å². The number of nitrogens with zero attached hydrogens (tertiary/aromatic N) is 1. The quantitative estimate of drug-likeness (QED) is 0.593. The molecule has 0 radical (unpaired) electrons. The Morgan fingerprint density at radius 2 is 1.77 bits per heavy atom. The summed E-state index contributed by atoms with van der Waals surface area (Å²) in [6, 6.07) is 12.3. The van der Waals surface area contributed by atoms with E-state index in [9.17, 15) is 19.2 Å². The molecule has 1 atom stereocenters. The largest absolute Gasteiger partial charge is 0.326 e. The number of nitrogens with one attached hydrogen (secondary N) is 2. The van der Waals surface area contributed by atoms with Crippen LogP contribution in [0.25, 0.3) is 0 Å². The summed E-state index contributed by atoms with van der Waals surface area (Å²) in [4.78, 5) is 51.9. The number of fused-ring (bicyclic) bond motifs is 3. The first-order valence-electron chi connectivity index (χ1n) is 10.7. The van der Waals surface area contributed by atoms with Crippen molar-refractivity contribution in [3.8, 4) is 0 Å². The molecule has 2 aromatic rings. The summed E-state index contributed by atoms with van der Waals surface area (Å²) in [6.45, 7) is -0.306. The predicted octanol–water partition coefficient (Wildman–Crippen LogP) is 2.93. The summed E-state index contributed by atoms with van der Waals surface area (Å²) in [5.41, 5.74) is 2.85. The number of imide groups is 1. The number of rotatable bonds is 3. The Balaban J connectivity index is 1.40. The standard InChI is InChI=1S/C24H23N3O4/c28-20(17-10-11-19-16(13-17)6-3-9-21(29)25-19)14-27-22(30)24(26-23(27)31)12-4-7-15-5-1-2-8-18(15)24/h1-2,5,8,10-11,13H,3-4,6-7,9,12,14H2,(H,25,29)(H,26,31). The second-order valence-electron chi connectivity index (χ2n) is 8.43. The number of amides is 4. The molecule has 1 saturated heterocycles. The molecular weight excluding hydrogens is 394 g/mol. The lowest BCUT2D eigenvalue weighted by Crippen LogP contribution is -2.46. The number of hydrogen-bond acceptors (Lipinski definition) is 4. The van der Waals surface area contributed by atoms with Gasteiger partial charge in [-0.15, -0.1) is 0 Å². The van der Waals surface area contributed by atoms with E-state index in [-0.39, 0.29) is 24.1 Å². The van der Waals surface area contributed by atoms with Crippen LogP contribution in [0, 0.1) is 0 Å². The number of Topliss-reactive ketones (excluding diaryl/α,β-unsaturated/α-hetero) is 1. The van der Waals surface area contributed by atoms with Crippen LogP contribution in [-0.4, -0.2) is 35.1 Å². The molecule has 1 unspecified atom stereocenters. The lowest BCUT2D eigenvalue weighted by molar-refractivity contribution is -0.131. The lowest BCUT2D eigenvalue weighted by atomic mass is 9.76.